The molecule has 0 aliphatic heterocycles. The SMILES string of the molecule is COC(=O)C(C)N(CC(C#N)NCCCC(=O)OC(C)(C)C)C(=O)OCc1ccccc1. The van der Waals surface area contributed by atoms with Crippen molar-refractivity contribution in [1.29, 1.82) is 5.26 Å². The molecule has 0 bridgehead atoms. The molecule has 0 saturated heterocycles. The maximum atomic E-state index is 12.7. The van der Waals surface area contributed by atoms with E-state index in [2.05, 4.69) is 11.4 Å². The third-order valence-electron chi connectivity index (χ3n) is 4.35. The Morgan fingerprint density at radius 1 is 1.19 bits per heavy atom. The van der Waals surface area contributed by atoms with Crippen molar-refractivity contribution in [1.82, 2.24) is 10.2 Å². The third kappa shape index (κ3) is 10.3. The van der Waals surface area contributed by atoms with Crippen LogP contribution in [0.5, 0.6) is 0 Å². The Kier molecular flexibility index (Phi) is 11.2. The minimum atomic E-state index is -0.942. The van der Waals surface area contributed by atoms with Crippen LogP contribution in [-0.4, -0.2) is 60.8 Å². The number of hydrogen-bond acceptors (Lipinski definition) is 8. The van der Waals surface area contributed by atoms with Gasteiger partial charge in [0, 0.05) is 6.42 Å². The molecule has 9 nitrogen and oxygen atoms in total. The molecule has 0 aliphatic carbocycles. The van der Waals surface area contributed by atoms with Crippen LogP contribution in [0.15, 0.2) is 30.3 Å². The fourth-order valence-electron chi connectivity index (χ4n) is 2.74. The molecule has 32 heavy (non-hydrogen) atoms. The smallest absolute Gasteiger partial charge is 0.410 e. The van der Waals surface area contributed by atoms with Gasteiger partial charge in [0.1, 0.15) is 24.3 Å². The van der Waals surface area contributed by atoms with E-state index in [1.807, 2.05) is 30.3 Å². The molecule has 2 unspecified atom stereocenters. The zero-order valence-corrected chi connectivity index (χ0v) is 19.4. The zero-order valence-electron chi connectivity index (χ0n) is 19.4. The summed E-state index contributed by atoms with van der Waals surface area (Å²) in [6, 6.07) is 9.48. The van der Waals surface area contributed by atoms with Gasteiger partial charge in [-0.05, 0) is 46.2 Å². The van der Waals surface area contributed by atoms with Gasteiger partial charge in [0.2, 0.25) is 0 Å². The van der Waals surface area contributed by atoms with E-state index in [4.69, 9.17) is 14.2 Å². The van der Waals surface area contributed by atoms with Crippen molar-refractivity contribution in [3.05, 3.63) is 35.9 Å². The van der Waals surface area contributed by atoms with Crippen molar-refractivity contribution in [3.8, 4) is 6.07 Å². The lowest BCUT2D eigenvalue weighted by Gasteiger charge is -2.28. The average molecular weight is 448 g/mol. The largest absolute Gasteiger partial charge is 0.467 e. The first kappa shape index (κ1) is 26.9. The van der Waals surface area contributed by atoms with Gasteiger partial charge in [0.15, 0.2) is 0 Å². The highest BCUT2D eigenvalue weighted by Crippen LogP contribution is 2.10. The van der Waals surface area contributed by atoms with E-state index in [0.717, 1.165) is 10.5 Å². The van der Waals surface area contributed by atoms with Crippen molar-refractivity contribution < 1.29 is 28.6 Å². The molecule has 0 aliphatic rings. The molecular weight excluding hydrogens is 414 g/mol. The number of carbonyl (C=O) groups is 3. The van der Waals surface area contributed by atoms with Gasteiger partial charge in [-0.1, -0.05) is 30.3 Å². The number of nitrogens with one attached hydrogen (secondary N) is 1. The molecule has 0 heterocycles. The summed E-state index contributed by atoms with van der Waals surface area (Å²) in [7, 11) is 1.23. The van der Waals surface area contributed by atoms with Gasteiger partial charge in [-0.3, -0.25) is 9.69 Å². The second kappa shape index (κ2) is 13.3. The predicted octanol–water partition coefficient (Wildman–Crippen LogP) is 2.79. The molecule has 9 heteroatoms. The van der Waals surface area contributed by atoms with E-state index in [0.29, 0.717) is 13.0 Å². The van der Waals surface area contributed by atoms with Crippen LogP contribution in [0, 0.1) is 11.3 Å². The number of nitrogens with zero attached hydrogens (tertiary/aromatic N) is 2. The highest BCUT2D eigenvalue weighted by Gasteiger charge is 2.30. The molecular formula is C23H33N3O6. The van der Waals surface area contributed by atoms with Crippen LogP contribution in [0.25, 0.3) is 0 Å². The number of nitriles is 1. The minimum Gasteiger partial charge on any atom is -0.467 e. The minimum absolute atomic E-state index is 0.0323. The fraction of sp³-hybridized carbons (Fsp3) is 0.565. The van der Waals surface area contributed by atoms with Crippen molar-refractivity contribution in [2.45, 2.75) is 64.8 Å². The lowest BCUT2D eigenvalue weighted by molar-refractivity contribution is -0.155. The Balaban J connectivity index is 2.67. The number of carbonyl (C=O) groups excluding carboxylic acids is 3. The number of rotatable bonds is 11. The highest BCUT2D eigenvalue weighted by atomic mass is 16.6. The summed E-state index contributed by atoms with van der Waals surface area (Å²) >= 11 is 0. The summed E-state index contributed by atoms with van der Waals surface area (Å²) in [5.74, 6) is -0.943. The summed E-state index contributed by atoms with van der Waals surface area (Å²) in [5, 5.41) is 12.5. The van der Waals surface area contributed by atoms with Crippen LogP contribution in [0.1, 0.15) is 46.1 Å². The van der Waals surface area contributed by atoms with Gasteiger partial charge in [-0.15, -0.1) is 0 Å². The Labute approximate surface area is 189 Å². The predicted molar refractivity (Wildman–Crippen MR) is 117 cm³/mol. The van der Waals surface area contributed by atoms with E-state index < -0.39 is 29.7 Å². The van der Waals surface area contributed by atoms with Gasteiger partial charge in [-0.25, -0.2) is 9.59 Å². The number of ether oxygens (including phenoxy) is 3. The lowest BCUT2D eigenvalue weighted by Crippen LogP contribution is -2.50. The molecule has 1 aromatic rings. The van der Waals surface area contributed by atoms with Crippen molar-refractivity contribution >= 4 is 18.0 Å². The van der Waals surface area contributed by atoms with E-state index in [9.17, 15) is 19.6 Å². The molecule has 0 saturated carbocycles. The van der Waals surface area contributed by atoms with Crippen molar-refractivity contribution in [2.24, 2.45) is 0 Å². The molecule has 2 atom stereocenters. The summed E-state index contributed by atoms with van der Waals surface area (Å²) in [4.78, 5) is 37.7. The molecule has 1 rings (SSSR count). The van der Waals surface area contributed by atoms with Crippen LogP contribution in [0.3, 0.4) is 0 Å². The molecule has 1 N–H and O–H groups in total. The first-order chi connectivity index (χ1) is 15.1. The maximum absolute atomic E-state index is 12.7. The molecule has 0 fully saturated rings. The van der Waals surface area contributed by atoms with Gasteiger partial charge in [0.25, 0.3) is 0 Å². The summed E-state index contributed by atoms with van der Waals surface area (Å²) in [5.41, 5.74) is 0.244. The molecule has 176 valence electrons. The molecule has 0 spiro atoms. The fourth-order valence-corrected chi connectivity index (χ4v) is 2.74. The van der Waals surface area contributed by atoms with Gasteiger partial charge < -0.3 is 19.5 Å². The normalized spacial score (nSPS) is 12.8. The molecule has 1 aromatic carbocycles. The Bertz CT molecular complexity index is 785. The quantitative estimate of drug-likeness (QED) is 0.313. The Hall–Kier alpha value is -3.12. The van der Waals surface area contributed by atoms with E-state index >= 15 is 0 Å². The van der Waals surface area contributed by atoms with Crippen LogP contribution in [0.2, 0.25) is 0 Å². The topological polar surface area (TPSA) is 118 Å². The summed E-state index contributed by atoms with van der Waals surface area (Å²) < 4.78 is 15.3. The van der Waals surface area contributed by atoms with Crippen LogP contribution in [0.4, 0.5) is 4.79 Å². The monoisotopic (exact) mass is 447 g/mol. The maximum Gasteiger partial charge on any atom is 0.410 e. The van der Waals surface area contributed by atoms with Crippen LogP contribution in [-0.2, 0) is 30.4 Å². The highest BCUT2D eigenvalue weighted by molar-refractivity contribution is 5.81. The standard InChI is InChI=1S/C23H33N3O6/c1-17(21(28)30-5)26(22(29)31-16-18-10-7-6-8-11-18)15-19(14-24)25-13-9-12-20(27)32-23(2,3)4/h6-8,10-11,17,19,25H,9,12-13,15-16H2,1-5H3. The van der Waals surface area contributed by atoms with E-state index in [-0.39, 0.29) is 25.5 Å². The number of benzene rings is 1. The first-order valence-electron chi connectivity index (χ1n) is 10.5. The van der Waals surface area contributed by atoms with Crippen molar-refractivity contribution in [2.75, 3.05) is 20.2 Å². The van der Waals surface area contributed by atoms with E-state index in [1.54, 1.807) is 20.8 Å². The number of hydrogen-bond donors (Lipinski definition) is 1. The lowest BCUT2D eigenvalue weighted by atomic mass is 10.2. The van der Waals surface area contributed by atoms with Crippen molar-refractivity contribution in [3.63, 3.8) is 0 Å². The van der Waals surface area contributed by atoms with Gasteiger partial charge in [0.05, 0.1) is 19.7 Å². The van der Waals surface area contributed by atoms with Gasteiger partial charge >= 0.3 is 18.0 Å². The zero-order chi connectivity index (χ0) is 24.1. The van der Waals surface area contributed by atoms with Crippen LogP contribution < -0.4 is 5.32 Å². The van der Waals surface area contributed by atoms with Crippen LogP contribution >= 0.6 is 0 Å². The molecule has 0 aromatic heterocycles. The second-order valence-electron chi connectivity index (χ2n) is 8.22. The Morgan fingerprint density at radius 2 is 1.84 bits per heavy atom. The van der Waals surface area contributed by atoms with E-state index in [1.165, 1.54) is 14.0 Å². The average Bonchev–Trinajstić information content (AvgIpc) is 2.75. The second-order valence-corrected chi connectivity index (χ2v) is 8.22. The number of methoxy groups -OCH3 is 1. The molecule has 0 radical (unpaired) electrons. The number of amides is 1. The molecule has 1 amide bonds. The number of esters is 2. The summed E-state index contributed by atoms with van der Waals surface area (Å²) in [6.45, 7) is 7.19. The summed E-state index contributed by atoms with van der Waals surface area (Å²) in [6.07, 6.45) is -0.0791. The van der Waals surface area contributed by atoms with Gasteiger partial charge in [-0.2, -0.15) is 5.26 Å². The third-order valence-corrected chi connectivity index (χ3v) is 4.35. The Morgan fingerprint density at radius 3 is 2.41 bits per heavy atom. The first-order valence-corrected chi connectivity index (χ1v) is 10.5.